The van der Waals surface area contributed by atoms with Crippen LogP contribution < -0.4 is 5.32 Å². The number of fused-ring (bicyclic) bond motifs is 1. The summed E-state index contributed by atoms with van der Waals surface area (Å²) in [6, 6.07) is 22.9. The van der Waals surface area contributed by atoms with Gasteiger partial charge in [-0.2, -0.15) is 0 Å². The lowest BCUT2D eigenvalue weighted by atomic mass is 10.2. The molecule has 1 aliphatic heterocycles. The first-order valence-electron chi connectivity index (χ1n) is 11.0. The van der Waals surface area contributed by atoms with Gasteiger partial charge in [0.1, 0.15) is 5.82 Å². The number of nitrogens with zero attached hydrogens (tertiary/aromatic N) is 4. The topological polar surface area (TPSA) is 53.4 Å². The average Bonchev–Trinajstić information content (AvgIpc) is 3.47. The van der Waals surface area contributed by atoms with Crippen molar-refractivity contribution in [1.82, 2.24) is 24.7 Å². The van der Waals surface area contributed by atoms with E-state index in [1.807, 2.05) is 34.5 Å². The van der Waals surface area contributed by atoms with Gasteiger partial charge in [0.05, 0.1) is 24.1 Å². The van der Waals surface area contributed by atoms with E-state index in [0.29, 0.717) is 6.54 Å². The number of para-hydroxylation sites is 2. The van der Waals surface area contributed by atoms with Crippen molar-refractivity contribution in [3.63, 3.8) is 0 Å². The predicted octanol–water partition coefficient (Wildman–Crippen LogP) is 4.17. The van der Waals surface area contributed by atoms with E-state index in [9.17, 15) is 4.79 Å². The lowest BCUT2D eigenvalue weighted by Crippen LogP contribution is -2.51. The molecule has 0 unspecified atom stereocenters. The largest absolute Gasteiger partial charge is 0.333 e. The van der Waals surface area contributed by atoms with Gasteiger partial charge < -0.3 is 14.8 Å². The van der Waals surface area contributed by atoms with Crippen LogP contribution in [0.15, 0.2) is 72.1 Å². The van der Waals surface area contributed by atoms with Crippen molar-refractivity contribution >= 4 is 28.4 Å². The molecule has 2 aromatic carbocycles. The summed E-state index contributed by atoms with van der Waals surface area (Å²) >= 11 is 1.67. The number of piperazine rings is 1. The van der Waals surface area contributed by atoms with Crippen LogP contribution in [-0.2, 0) is 19.6 Å². The van der Waals surface area contributed by atoms with Gasteiger partial charge in [0.25, 0.3) is 0 Å². The van der Waals surface area contributed by atoms with Crippen molar-refractivity contribution in [2.24, 2.45) is 0 Å². The molecule has 2 amide bonds. The Hall–Kier alpha value is -3.16. The number of carbonyl (C=O) groups excluding carboxylic acids is 1. The minimum atomic E-state index is 0.0226. The minimum absolute atomic E-state index is 0.0226. The summed E-state index contributed by atoms with van der Waals surface area (Å²) in [4.78, 5) is 22.9. The van der Waals surface area contributed by atoms with Crippen molar-refractivity contribution in [3.8, 4) is 0 Å². The van der Waals surface area contributed by atoms with Gasteiger partial charge in [0, 0.05) is 37.6 Å². The number of urea groups is 1. The molecule has 1 aliphatic rings. The maximum absolute atomic E-state index is 12.5. The van der Waals surface area contributed by atoms with Crippen LogP contribution >= 0.6 is 11.3 Å². The first kappa shape index (κ1) is 20.7. The number of hydrogen-bond donors (Lipinski definition) is 1. The molecule has 32 heavy (non-hydrogen) atoms. The molecule has 0 aliphatic carbocycles. The number of amides is 2. The summed E-state index contributed by atoms with van der Waals surface area (Å²) in [5.74, 6) is 1.07. The van der Waals surface area contributed by atoms with Gasteiger partial charge in [0.2, 0.25) is 0 Å². The lowest BCUT2D eigenvalue weighted by Gasteiger charge is -2.34. The molecule has 0 saturated carbocycles. The van der Waals surface area contributed by atoms with Crippen LogP contribution in [0.5, 0.6) is 0 Å². The normalized spacial score (nSPS) is 14.7. The maximum Gasteiger partial charge on any atom is 0.317 e. The number of nitrogens with one attached hydrogen (secondary N) is 1. The van der Waals surface area contributed by atoms with E-state index in [4.69, 9.17) is 4.98 Å². The summed E-state index contributed by atoms with van der Waals surface area (Å²) in [6.45, 7) is 5.35. The molecule has 1 N–H and O–H groups in total. The van der Waals surface area contributed by atoms with Crippen LogP contribution in [0.1, 0.15) is 16.3 Å². The van der Waals surface area contributed by atoms with E-state index < -0.39 is 0 Å². The van der Waals surface area contributed by atoms with E-state index in [0.717, 1.165) is 56.1 Å². The van der Waals surface area contributed by atoms with Crippen molar-refractivity contribution < 1.29 is 4.79 Å². The molecule has 1 fully saturated rings. The Morgan fingerprint density at radius 2 is 1.69 bits per heavy atom. The summed E-state index contributed by atoms with van der Waals surface area (Å²) in [5, 5.41) is 5.07. The number of aromatic nitrogens is 2. The fourth-order valence-electron chi connectivity index (χ4n) is 4.19. The van der Waals surface area contributed by atoms with Crippen LogP contribution in [-0.4, -0.2) is 51.6 Å². The molecule has 2 aromatic heterocycles. The molecule has 164 valence electrons. The second kappa shape index (κ2) is 9.54. The van der Waals surface area contributed by atoms with E-state index in [2.05, 4.69) is 57.2 Å². The molecular weight excluding hydrogens is 418 g/mol. The average molecular weight is 446 g/mol. The van der Waals surface area contributed by atoms with Crippen LogP contribution in [0.3, 0.4) is 0 Å². The SMILES string of the molecule is O=C(NCc1cccs1)N1CCN(Cc2nc3ccccc3n2Cc2ccccc2)CC1. The van der Waals surface area contributed by atoms with Gasteiger partial charge in [-0.25, -0.2) is 9.78 Å². The van der Waals surface area contributed by atoms with Crippen molar-refractivity contribution in [1.29, 1.82) is 0 Å². The Labute approximate surface area is 192 Å². The Morgan fingerprint density at radius 3 is 2.47 bits per heavy atom. The molecule has 6 nitrogen and oxygen atoms in total. The first-order chi connectivity index (χ1) is 15.8. The minimum Gasteiger partial charge on any atom is -0.333 e. The van der Waals surface area contributed by atoms with Crippen molar-refractivity contribution in [2.75, 3.05) is 26.2 Å². The quantitative estimate of drug-likeness (QED) is 0.485. The lowest BCUT2D eigenvalue weighted by molar-refractivity contribution is 0.132. The highest BCUT2D eigenvalue weighted by molar-refractivity contribution is 7.09. The summed E-state index contributed by atoms with van der Waals surface area (Å²) < 4.78 is 2.32. The van der Waals surface area contributed by atoms with Crippen molar-refractivity contribution in [3.05, 3.63) is 88.4 Å². The molecular formula is C25H27N5OS. The number of hydrogen-bond acceptors (Lipinski definition) is 4. The third-order valence-electron chi connectivity index (χ3n) is 5.94. The summed E-state index contributed by atoms with van der Waals surface area (Å²) in [6.07, 6.45) is 0. The van der Waals surface area contributed by atoms with Crippen LogP contribution in [0.4, 0.5) is 4.79 Å². The Balaban J connectivity index is 1.23. The van der Waals surface area contributed by atoms with E-state index in [-0.39, 0.29) is 6.03 Å². The zero-order chi connectivity index (χ0) is 21.8. The molecule has 3 heterocycles. The standard InChI is InChI=1S/C25H27N5OS/c31-25(26-17-21-9-6-16-32-21)29-14-12-28(13-15-29)19-24-27-22-10-4-5-11-23(22)30(24)18-20-7-2-1-3-8-20/h1-11,16H,12-15,17-19H2,(H,26,31). The van der Waals surface area contributed by atoms with Crippen LogP contribution in [0, 0.1) is 0 Å². The fourth-order valence-corrected chi connectivity index (χ4v) is 4.83. The zero-order valence-corrected chi connectivity index (χ0v) is 18.8. The van der Waals surface area contributed by atoms with E-state index in [1.165, 1.54) is 10.4 Å². The zero-order valence-electron chi connectivity index (χ0n) is 18.0. The molecule has 7 heteroatoms. The smallest absolute Gasteiger partial charge is 0.317 e. The van der Waals surface area contributed by atoms with Gasteiger partial charge in [-0.05, 0) is 29.1 Å². The second-order valence-electron chi connectivity index (χ2n) is 8.09. The highest BCUT2D eigenvalue weighted by atomic mass is 32.1. The molecule has 5 rings (SSSR count). The Morgan fingerprint density at radius 1 is 0.906 bits per heavy atom. The van der Waals surface area contributed by atoms with Gasteiger partial charge in [-0.3, -0.25) is 4.90 Å². The van der Waals surface area contributed by atoms with Gasteiger partial charge in [-0.15, -0.1) is 11.3 Å². The fraction of sp³-hybridized carbons (Fsp3) is 0.280. The highest BCUT2D eigenvalue weighted by Crippen LogP contribution is 2.20. The maximum atomic E-state index is 12.5. The molecule has 1 saturated heterocycles. The third kappa shape index (κ3) is 4.69. The third-order valence-corrected chi connectivity index (χ3v) is 6.81. The number of thiophene rings is 1. The molecule has 4 aromatic rings. The van der Waals surface area contributed by atoms with Gasteiger partial charge >= 0.3 is 6.03 Å². The molecule has 0 radical (unpaired) electrons. The first-order valence-corrected chi connectivity index (χ1v) is 11.9. The number of benzene rings is 2. The second-order valence-corrected chi connectivity index (χ2v) is 9.12. The Bertz CT molecular complexity index is 1160. The van der Waals surface area contributed by atoms with Gasteiger partial charge in [0.15, 0.2) is 0 Å². The Kier molecular flexibility index (Phi) is 6.18. The van der Waals surface area contributed by atoms with Crippen LogP contribution in [0.25, 0.3) is 11.0 Å². The van der Waals surface area contributed by atoms with Crippen molar-refractivity contribution in [2.45, 2.75) is 19.6 Å². The predicted molar refractivity (Wildman–Crippen MR) is 129 cm³/mol. The van der Waals surface area contributed by atoms with E-state index in [1.54, 1.807) is 11.3 Å². The number of carbonyl (C=O) groups is 1. The van der Waals surface area contributed by atoms with E-state index >= 15 is 0 Å². The summed E-state index contributed by atoms with van der Waals surface area (Å²) in [5.41, 5.74) is 3.46. The molecule has 0 atom stereocenters. The number of rotatable bonds is 6. The molecule has 0 bridgehead atoms. The van der Waals surface area contributed by atoms with Gasteiger partial charge in [-0.1, -0.05) is 48.5 Å². The number of imidazole rings is 1. The van der Waals surface area contributed by atoms with Crippen LogP contribution in [0.2, 0.25) is 0 Å². The highest BCUT2D eigenvalue weighted by Gasteiger charge is 2.23. The monoisotopic (exact) mass is 445 g/mol. The molecule has 0 spiro atoms. The summed E-state index contributed by atoms with van der Waals surface area (Å²) in [7, 11) is 0.